The van der Waals surface area contributed by atoms with Crippen molar-refractivity contribution in [3.05, 3.63) is 28.0 Å². The van der Waals surface area contributed by atoms with E-state index in [2.05, 4.69) is 0 Å². The van der Waals surface area contributed by atoms with Crippen molar-refractivity contribution in [3.8, 4) is 0 Å². The van der Waals surface area contributed by atoms with Gasteiger partial charge in [-0.05, 0) is 24.8 Å². The monoisotopic (exact) mass is 272 g/mol. The van der Waals surface area contributed by atoms with Crippen molar-refractivity contribution in [2.24, 2.45) is 5.73 Å². The fourth-order valence-corrected chi connectivity index (χ4v) is 4.50. The van der Waals surface area contributed by atoms with Crippen LogP contribution in [-0.2, 0) is 16.6 Å². The van der Waals surface area contributed by atoms with Gasteiger partial charge in [-0.25, -0.2) is 8.42 Å². The fraction of sp³-hybridized carbons (Fsp3) is 0.455. The van der Waals surface area contributed by atoms with Crippen LogP contribution in [0.1, 0.15) is 18.2 Å². The van der Waals surface area contributed by atoms with Crippen molar-refractivity contribution in [1.82, 2.24) is 4.31 Å². The van der Waals surface area contributed by atoms with E-state index in [-0.39, 0.29) is 6.54 Å². The van der Waals surface area contributed by atoms with Gasteiger partial charge in [-0.15, -0.1) is 11.3 Å². The van der Waals surface area contributed by atoms with Crippen molar-refractivity contribution in [2.45, 2.75) is 24.8 Å². The molecule has 94 valence electrons. The molecule has 0 saturated heterocycles. The molecule has 1 aliphatic heterocycles. The number of hydrogen-bond acceptors (Lipinski definition) is 4. The molecule has 2 heterocycles. The van der Waals surface area contributed by atoms with Crippen molar-refractivity contribution in [2.75, 3.05) is 13.1 Å². The van der Waals surface area contributed by atoms with Crippen LogP contribution in [0, 0.1) is 0 Å². The number of sulfonamides is 1. The molecular formula is C11H16N2O2S2. The molecule has 0 saturated carbocycles. The molecule has 0 atom stereocenters. The largest absolute Gasteiger partial charge is 0.326 e. The minimum absolute atomic E-state index is 0.273. The molecule has 0 fully saturated rings. The molecule has 0 unspecified atom stereocenters. The number of nitrogens with two attached hydrogens (primary N) is 1. The van der Waals surface area contributed by atoms with Crippen LogP contribution >= 0.6 is 11.3 Å². The molecule has 0 amide bonds. The second kappa shape index (κ2) is 4.89. The van der Waals surface area contributed by atoms with Gasteiger partial charge in [0.05, 0.1) is 4.90 Å². The second-order valence-electron chi connectivity index (χ2n) is 4.08. The topological polar surface area (TPSA) is 63.4 Å². The molecule has 1 aromatic heterocycles. The maximum absolute atomic E-state index is 12.4. The van der Waals surface area contributed by atoms with Crippen LogP contribution in [-0.4, -0.2) is 25.8 Å². The minimum atomic E-state index is -3.37. The van der Waals surface area contributed by atoms with Crippen LogP contribution in [0.15, 0.2) is 28.0 Å². The Labute approximate surface area is 106 Å². The standard InChI is InChI=1S/C11H16N2O2S2/c1-9-2-5-13(6-3-9)17(14,15)11-4-7-16-10(11)8-12/h2,4,7H,3,5-6,8,12H2,1H3. The summed E-state index contributed by atoms with van der Waals surface area (Å²) in [5, 5.41) is 1.78. The fourth-order valence-electron chi connectivity index (χ4n) is 1.82. The van der Waals surface area contributed by atoms with Crippen LogP contribution in [0.5, 0.6) is 0 Å². The molecule has 1 aliphatic rings. The van der Waals surface area contributed by atoms with Crippen molar-refractivity contribution in [1.29, 1.82) is 0 Å². The molecular weight excluding hydrogens is 256 g/mol. The molecule has 1 aromatic rings. The summed E-state index contributed by atoms with van der Waals surface area (Å²) in [6, 6.07) is 1.65. The van der Waals surface area contributed by atoms with Gasteiger partial charge in [-0.3, -0.25) is 0 Å². The smallest absolute Gasteiger partial charge is 0.244 e. The summed E-state index contributed by atoms with van der Waals surface area (Å²) in [6.07, 6.45) is 2.77. The molecule has 0 radical (unpaired) electrons. The van der Waals surface area contributed by atoms with Gasteiger partial charge in [-0.1, -0.05) is 11.6 Å². The van der Waals surface area contributed by atoms with Gasteiger partial charge in [-0.2, -0.15) is 4.31 Å². The van der Waals surface area contributed by atoms with Crippen LogP contribution in [0.4, 0.5) is 0 Å². The summed E-state index contributed by atoms with van der Waals surface area (Å²) in [5.41, 5.74) is 6.81. The Bertz CT molecular complexity index is 531. The van der Waals surface area contributed by atoms with E-state index in [4.69, 9.17) is 5.73 Å². The normalized spacial score (nSPS) is 18.1. The first kappa shape index (κ1) is 12.8. The molecule has 6 heteroatoms. The summed E-state index contributed by atoms with van der Waals surface area (Å²) in [6.45, 7) is 3.33. The highest BCUT2D eigenvalue weighted by molar-refractivity contribution is 7.89. The SMILES string of the molecule is CC1=CCN(S(=O)(=O)c2ccsc2CN)CC1. The summed E-state index contributed by atoms with van der Waals surface area (Å²) in [7, 11) is -3.37. The zero-order valence-electron chi connectivity index (χ0n) is 9.72. The number of nitrogens with zero attached hydrogens (tertiary/aromatic N) is 1. The average Bonchev–Trinajstić information content (AvgIpc) is 2.78. The third-order valence-electron chi connectivity index (χ3n) is 2.91. The minimum Gasteiger partial charge on any atom is -0.326 e. The Morgan fingerprint density at radius 3 is 2.88 bits per heavy atom. The van der Waals surface area contributed by atoms with Crippen LogP contribution in [0.3, 0.4) is 0 Å². The van der Waals surface area contributed by atoms with Crippen molar-refractivity contribution < 1.29 is 8.42 Å². The van der Waals surface area contributed by atoms with Gasteiger partial charge in [0, 0.05) is 24.5 Å². The Morgan fingerprint density at radius 1 is 1.53 bits per heavy atom. The molecule has 17 heavy (non-hydrogen) atoms. The molecule has 0 aliphatic carbocycles. The predicted molar refractivity (Wildman–Crippen MR) is 69.3 cm³/mol. The molecule has 0 aromatic carbocycles. The van der Waals surface area contributed by atoms with E-state index in [0.717, 1.165) is 11.3 Å². The highest BCUT2D eigenvalue weighted by Gasteiger charge is 2.27. The molecule has 2 rings (SSSR count). The maximum Gasteiger partial charge on any atom is 0.244 e. The van der Waals surface area contributed by atoms with Gasteiger partial charge >= 0.3 is 0 Å². The lowest BCUT2D eigenvalue weighted by Gasteiger charge is -2.24. The van der Waals surface area contributed by atoms with E-state index in [1.807, 2.05) is 13.0 Å². The van der Waals surface area contributed by atoms with E-state index in [1.54, 1.807) is 11.4 Å². The van der Waals surface area contributed by atoms with Gasteiger partial charge < -0.3 is 5.73 Å². The average molecular weight is 272 g/mol. The first-order valence-electron chi connectivity index (χ1n) is 5.48. The quantitative estimate of drug-likeness (QED) is 0.849. The number of hydrogen-bond donors (Lipinski definition) is 1. The third-order valence-corrected chi connectivity index (χ3v) is 5.93. The molecule has 4 nitrogen and oxygen atoms in total. The summed E-state index contributed by atoms with van der Waals surface area (Å²) in [4.78, 5) is 1.11. The lowest BCUT2D eigenvalue weighted by Crippen LogP contribution is -2.35. The van der Waals surface area contributed by atoms with E-state index in [1.165, 1.54) is 21.2 Å². The molecule has 0 bridgehead atoms. The van der Waals surface area contributed by atoms with Crippen LogP contribution in [0.2, 0.25) is 0 Å². The summed E-state index contributed by atoms with van der Waals surface area (Å²) in [5.74, 6) is 0. The lowest BCUT2D eigenvalue weighted by atomic mass is 10.1. The predicted octanol–water partition coefficient (Wildman–Crippen LogP) is 1.55. The first-order valence-corrected chi connectivity index (χ1v) is 7.80. The zero-order valence-corrected chi connectivity index (χ0v) is 11.4. The van der Waals surface area contributed by atoms with Gasteiger partial charge in [0.2, 0.25) is 10.0 Å². The van der Waals surface area contributed by atoms with E-state index in [0.29, 0.717) is 18.0 Å². The van der Waals surface area contributed by atoms with Gasteiger partial charge in [0.25, 0.3) is 0 Å². The Kier molecular flexibility index (Phi) is 3.67. The van der Waals surface area contributed by atoms with Gasteiger partial charge in [0.1, 0.15) is 0 Å². The van der Waals surface area contributed by atoms with Crippen molar-refractivity contribution >= 4 is 21.4 Å². The van der Waals surface area contributed by atoms with E-state index in [9.17, 15) is 8.42 Å². The van der Waals surface area contributed by atoms with E-state index < -0.39 is 10.0 Å². The molecule has 2 N–H and O–H groups in total. The number of rotatable bonds is 3. The maximum atomic E-state index is 12.4. The highest BCUT2D eigenvalue weighted by atomic mass is 32.2. The Morgan fingerprint density at radius 2 is 2.29 bits per heavy atom. The Hall–Kier alpha value is -0.690. The first-order chi connectivity index (χ1) is 8.05. The summed E-state index contributed by atoms with van der Waals surface area (Å²) < 4.78 is 26.3. The summed E-state index contributed by atoms with van der Waals surface area (Å²) >= 11 is 1.39. The van der Waals surface area contributed by atoms with Crippen LogP contribution in [0.25, 0.3) is 0 Å². The zero-order chi connectivity index (χ0) is 12.5. The third kappa shape index (κ3) is 2.44. The Balaban J connectivity index is 2.31. The lowest BCUT2D eigenvalue weighted by molar-refractivity contribution is 0.431. The molecule has 0 spiro atoms. The van der Waals surface area contributed by atoms with E-state index >= 15 is 0 Å². The van der Waals surface area contributed by atoms with Gasteiger partial charge in [0.15, 0.2) is 0 Å². The highest BCUT2D eigenvalue weighted by Crippen LogP contribution is 2.26. The van der Waals surface area contributed by atoms with Crippen molar-refractivity contribution in [3.63, 3.8) is 0 Å². The second-order valence-corrected chi connectivity index (χ2v) is 6.98. The number of thiophene rings is 1. The van der Waals surface area contributed by atoms with Crippen LogP contribution < -0.4 is 5.73 Å².